The molecule has 0 amide bonds. The molecule has 2 aliphatic carbocycles. The molecule has 0 bridgehead atoms. The van der Waals surface area contributed by atoms with Crippen molar-refractivity contribution < 1.29 is 0 Å². The highest BCUT2D eigenvalue weighted by atomic mass is 14.2. The maximum atomic E-state index is 2.37. The van der Waals surface area contributed by atoms with Gasteiger partial charge in [0.15, 0.2) is 0 Å². The molecule has 0 unspecified atom stereocenters. The van der Waals surface area contributed by atoms with Crippen LogP contribution in [0.1, 0.15) is 29.5 Å². The van der Waals surface area contributed by atoms with Crippen LogP contribution in [0.15, 0.2) is 36.4 Å². The normalized spacial score (nSPS) is 18.4. The number of allylic oxidation sites excluding steroid dienone is 4. The van der Waals surface area contributed by atoms with Gasteiger partial charge < -0.3 is 0 Å². The lowest BCUT2D eigenvalue weighted by molar-refractivity contribution is 0.834. The first kappa shape index (κ1) is 8.05. The Morgan fingerprint density at radius 3 is 2.71 bits per heavy atom. The van der Waals surface area contributed by atoms with Crippen LogP contribution < -0.4 is 0 Å². The molecular weight excluding hydrogens is 168 g/mol. The van der Waals surface area contributed by atoms with Gasteiger partial charge in [0.05, 0.1) is 0 Å². The van der Waals surface area contributed by atoms with Crippen LogP contribution in [-0.2, 0) is 12.8 Å². The van der Waals surface area contributed by atoms with Crippen LogP contribution in [0, 0.1) is 0 Å². The van der Waals surface area contributed by atoms with Gasteiger partial charge in [0, 0.05) is 0 Å². The lowest BCUT2D eigenvalue weighted by atomic mass is 9.81. The number of fused-ring (bicyclic) bond motifs is 1. The van der Waals surface area contributed by atoms with Crippen molar-refractivity contribution in [1.82, 2.24) is 0 Å². The predicted molar refractivity (Wildman–Crippen MR) is 60.2 cm³/mol. The molecule has 0 nitrogen and oxygen atoms in total. The van der Waals surface area contributed by atoms with E-state index in [4.69, 9.17) is 0 Å². The van der Waals surface area contributed by atoms with E-state index in [0.717, 1.165) is 0 Å². The Hall–Kier alpha value is -1.30. The zero-order chi connectivity index (χ0) is 9.38. The van der Waals surface area contributed by atoms with Gasteiger partial charge in [0.25, 0.3) is 0 Å². The van der Waals surface area contributed by atoms with Gasteiger partial charge in [-0.3, -0.25) is 0 Å². The van der Waals surface area contributed by atoms with Gasteiger partial charge in [-0.25, -0.2) is 0 Å². The molecule has 0 heteroatoms. The zero-order valence-electron chi connectivity index (χ0n) is 8.29. The van der Waals surface area contributed by atoms with E-state index in [0.29, 0.717) is 0 Å². The van der Waals surface area contributed by atoms with Crippen molar-refractivity contribution in [2.75, 3.05) is 0 Å². The maximum absolute atomic E-state index is 2.37. The Balaban J connectivity index is 2.08. The first-order valence-corrected chi connectivity index (χ1v) is 5.43. The third kappa shape index (κ3) is 1.14. The van der Waals surface area contributed by atoms with Crippen molar-refractivity contribution in [2.24, 2.45) is 0 Å². The molecule has 0 radical (unpaired) electrons. The molecule has 14 heavy (non-hydrogen) atoms. The molecule has 0 fully saturated rings. The number of rotatable bonds is 1. The average molecular weight is 182 g/mol. The van der Waals surface area contributed by atoms with Crippen molar-refractivity contribution in [3.8, 4) is 0 Å². The number of hydrogen-bond donors (Lipinski definition) is 0. The first-order valence-electron chi connectivity index (χ1n) is 5.43. The van der Waals surface area contributed by atoms with Gasteiger partial charge in [0.2, 0.25) is 0 Å². The summed E-state index contributed by atoms with van der Waals surface area (Å²) in [4.78, 5) is 0. The van der Waals surface area contributed by atoms with E-state index in [1.807, 2.05) is 0 Å². The molecule has 2 aliphatic rings. The summed E-state index contributed by atoms with van der Waals surface area (Å²) in [6.45, 7) is 0. The van der Waals surface area contributed by atoms with E-state index in [2.05, 4.69) is 36.4 Å². The molecule has 0 N–H and O–H groups in total. The van der Waals surface area contributed by atoms with Crippen LogP contribution >= 0.6 is 0 Å². The van der Waals surface area contributed by atoms with E-state index in [1.54, 1.807) is 11.1 Å². The molecule has 0 spiro atoms. The zero-order valence-corrected chi connectivity index (χ0v) is 8.29. The van der Waals surface area contributed by atoms with E-state index in [1.165, 1.54) is 36.8 Å². The van der Waals surface area contributed by atoms with Crippen molar-refractivity contribution in [1.29, 1.82) is 0 Å². The Labute approximate surface area is 85.0 Å². The molecule has 0 atom stereocenters. The Morgan fingerprint density at radius 2 is 2.00 bits per heavy atom. The van der Waals surface area contributed by atoms with Crippen LogP contribution in [0.3, 0.4) is 0 Å². The predicted octanol–water partition coefficient (Wildman–Crippen LogP) is 3.52. The van der Waals surface area contributed by atoms with E-state index in [-0.39, 0.29) is 0 Å². The first-order chi connectivity index (χ1) is 6.95. The van der Waals surface area contributed by atoms with Gasteiger partial charge in [-0.2, -0.15) is 0 Å². The summed E-state index contributed by atoms with van der Waals surface area (Å²) in [7, 11) is 0. The second-order valence-electron chi connectivity index (χ2n) is 4.08. The third-order valence-corrected chi connectivity index (χ3v) is 3.22. The molecular formula is C14H14. The third-order valence-electron chi connectivity index (χ3n) is 3.22. The molecule has 1 aromatic carbocycles. The van der Waals surface area contributed by atoms with Crippen LogP contribution in [-0.4, -0.2) is 0 Å². The van der Waals surface area contributed by atoms with Crippen molar-refractivity contribution >= 4 is 5.57 Å². The highest BCUT2D eigenvalue weighted by Gasteiger charge is 2.17. The van der Waals surface area contributed by atoms with Crippen molar-refractivity contribution in [2.45, 2.75) is 25.7 Å². The second-order valence-corrected chi connectivity index (χ2v) is 4.08. The van der Waals surface area contributed by atoms with E-state index in [9.17, 15) is 0 Å². The van der Waals surface area contributed by atoms with Crippen molar-refractivity contribution in [3.63, 3.8) is 0 Å². The second kappa shape index (κ2) is 3.13. The minimum atomic E-state index is 1.20. The summed E-state index contributed by atoms with van der Waals surface area (Å²) in [6, 6.07) is 6.71. The van der Waals surface area contributed by atoms with Gasteiger partial charge in [-0.15, -0.1) is 0 Å². The lowest BCUT2D eigenvalue weighted by Gasteiger charge is -2.23. The summed E-state index contributed by atoms with van der Waals surface area (Å²) >= 11 is 0. The van der Waals surface area contributed by atoms with Gasteiger partial charge in [0.1, 0.15) is 0 Å². The molecule has 0 saturated heterocycles. The highest BCUT2D eigenvalue weighted by molar-refractivity contribution is 5.78. The SMILES string of the molecule is C1=CC(c2cccc3c2CC3)=CCC1. The smallest absolute Gasteiger partial charge is 0.0152 e. The Kier molecular flexibility index (Phi) is 1.80. The van der Waals surface area contributed by atoms with Crippen LogP contribution in [0.25, 0.3) is 5.57 Å². The van der Waals surface area contributed by atoms with Crippen LogP contribution in [0.4, 0.5) is 0 Å². The number of aryl methyl sites for hydroxylation is 1. The molecule has 0 aromatic heterocycles. The molecule has 1 aromatic rings. The van der Waals surface area contributed by atoms with Gasteiger partial charge in [-0.05, 0) is 47.9 Å². The monoisotopic (exact) mass is 182 g/mol. The van der Waals surface area contributed by atoms with E-state index >= 15 is 0 Å². The fourth-order valence-electron chi connectivity index (χ4n) is 2.33. The standard InChI is InChI=1S/C14H14/c1-2-5-11(6-3-1)13-8-4-7-12-9-10-14(12)13/h2,4-8H,1,3,9-10H2. The summed E-state index contributed by atoms with van der Waals surface area (Å²) in [5.41, 5.74) is 6.06. The van der Waals surface area contributed by atoms with Crippen molar-refractivity contribution in [3.05, 3.63) is 53.1 Å². The lowest BCUT2D eigenvalue weighted by Crippen LogP contribution is -2.11. The highest BCUT2D eigenvalue weighted by Crippen LogP contribution is 2.32. The molecule has 0 heterocycles. The molecule has 70 valence electrons. The molecule has 3 rings (SSSR count). The summed E-state index contributed by atoms with van der Waals surface area (Å²) in [5.74, 6) is 0. The minimum Gasteiger partial charge on any atom is -0.0836 e. The Bertz CT molecular complexity index is 422. The van der Waals surface area contributed by atoms with Crippen LogP contribution in [0.5, 0.6) is 0 Å². The summed E-state index contributed by atoms with van der Waals surface area (Å²) in [6.07, 6.45) is 11.9. The maximum Gasteiger partial charge on any atom is -0.0152 e. The van der Waals surface area contributed by atoms with E-state index < -0.39 is 0 Å². The molecule has 0 aliphatic heterocycles. The number of benzene rings is 1. The topological polar surface area (TPSA) is 0 Å². The summed E-state index contributed by atoms with van der Waals surface area (Å²) in [5, 5.41) is 0. The van der Waals surface area contributed by atoms with Gasteiger partial charge >= 0.3 is 0 Å². The average Bonchev–Trinajstić information content (AvgIpc) is 2.21. The minimum absolute atomic E-state index is 1.20. The fraction of sp³-hybridized carbons (Fsp3) is 0.286. The fourth-order valence-corrected chi connectivity index (χ4v) is 2.33. The number of hydrogen-bond acceptors (Lipinski definition) is 0. The largest absolute Gasteiger partial charge is 0.0836 e. The summed E-state index contributed by atoms with van der Waals surface area (Å²) < 4.78 is 0. The van der Waals surface area contributed by atoms with Crippen LogP contribution in [0.2, 0.25) is 0 Å². The Morgan fingerprint density at radius 1 is 1.00 bits per heavy atom. The molecule has 0 saturated carbocycles. The quantitative estimate of drug-likeness (QED) is 0.623. The van der Waals surface area contributed by atoms with Gasteiger partial charge in [-0.1, -0.05) is 36.4 Å².